The molecule has 9 nitrogen and oxygen atoms in total. The molecule has 3 aromatic rings. The van der Waals surface area contributed by atoms with Crippen LogP contribution in [-0.2, 0) is 12.8 Å². The maximum absolute atomic E-state index is 11.1. The SMILES string of the molecule is CCc1cc([N+](=O)[O-])ccc1N=C(C)c1cccc(C(C)=Nc2ccc([N+](=O)[O-])cc2CC)n1. The van der Waals surface area contributed by atoms with E-state index in [9.17, 15) is 20.2 Å². The van der Waals surface area contributed by atoms with Crippen molar-refractivity contribution in [1.29, 1.82) is 0 Å². The summed E-state index contributed by atoms with van der Waals surface area (Å²) < 4.78 is 0. The van der Waals surface area contributed by atoms with Crippen molar-refractivity contribution in [3.63, 3.8) is 0 Å². The number of hydrogen-bond donors (Lipinski definition) is 0. The third-order valence-corrected chi connectivity index (χ3v) is 5.38. The number of aryl methyl sites for hydroxylation is 2. The Bertz CT molecular complexity index is 1220. The summed E-state index contributed by atoms with van der Waals surface area (Å²) in [5, 5.41) is 22.1. The Labute approximate surface area is 197 Å². The Kier molecular flexibility index (Phi) is 7.57. The van der Waals surface area contributed by atoms with Gasteiger partial charge in [0.15, 0.2) is 0 Å². The first-order chi connectivity index (χ1) is 16.2. The second-order valence-corrected chi connectivity index (χ2v) is 7.65. The van der Waals surface area contributed by atoms with Gasteiger partial charge in [-0.3, -0.25) is 30.2 Å². The lowest BCUT2D eigenvalue weighted by molar-refractivity contribution is -0.385. The minimum Gasteiger partial charge on any atom is -0.258 e. The molecule has 0 fully saturated rings. The van der Waals surface area contributed by atoms with Gasteiger partial charge in [0.2, 0.25) is 0 Å². The lowest BCUT2D eigenvalue weighted by Gasteiger charge is -2.08. The van der Waals surface area contributed by atoms with E-state index in [0.717, 1.165) is 11.1 Å². The van der Waals surface area contributed by atoms with Gasteiger partial charge in [-0.25, -0.2) is 4.98 Å². The number of nitro benzene ring substituents is 2. The van der Waals surface area contributed by atoms with Crippen molar-refractivity contribution in [2.75, 3.05) is 0 Å². The molecular weight excluding hydrogens is 434 g/mol. The zero-order valence-electron chi connectivity index (χ0n) is 19.5. The van der Waals surface area contributed by atoms with Crippen molar-refractivity contribution in [2.24, 2.45) is 9.98 Å². The monoisotopic (exact) mass is 459 g/mol. The average Bonchev–Trinajstić information content (AvgIpc) is 2.84. The lowest BCUT2D eigenvalue weighted by Crippen LogP contribution is -2.05. The molecule has 0 N–H and O–H groups in total. The number of rotatable bonds is 8. The van der Waals surface area contributed by atoms with Crippen molar-refractivity contribution in [3.05, 3.63) is 97.3 Å². The molecule has 0 radical (unpaired) electrons. The topological polar surface area (TPSA) is 124 Å². The van der Waals surface area contributed by atoms with E-state index in [-0.39, 0.29) is 11.4 Å². The van der Waals surface area contributed by atoms with Gasteiger partial charge in [-0.05, 0) is 62.1 Å². The first kappa shape index (κ1) is 24.4. The molecule has 1 heterocycles. The second-order valence-electron chi connectivity index (χ2n) is 7.65. The van der Waals surface area contributed by atoms with E-state index >= 15 is 0 Å². The van der Waals surface area contributed by atoms with Crippen LogP contribution >= 0.6 is 0 Å². The van der Waals surface area contributed by atoms with Crippen LogP contribution in [0.2, 0.25) is 0 Å². The molecule has 0 aliphatic carbocycles. The summed E-state index contributed by atoms with van der Waals surface area (Å²) in [6.45, 7) is 7.53. The van der Waals surface area contributed by atoms with Crippen LogP contribution in [0.1, 0.15) is 50.2 Å². The van der Waals surface area contributed by atoms with Crippen molar-refractivity contribution >= 4 is 34.2 Å². The van der Waals surface area contributed by atoms with Gasteiger partial charge >= 0.3 is 0 Å². The molecule has 0 bridgehead atoms. The number of nitrogens with zero attached hydrogens (tertiary/aromatic N) is 5. The number of non-ortho nitro benzene ring substituents is 2. The smallest absolute Gasteiger partial charge is 0.258 e. The van der Waals surface area contributed by atoms with Crippen molar-refractivity contribution in [1.82, 2.24) is 4.98 Å². The Morgan fingerprint density at radius 2 is 1.18 bits per heavy atom. The summed E-state index contributed by atoms with van der Waals surface area (Å²) in [5.74, 6) is 0. The fourth-order valence-corrected chi connectivity index (χ4v) is 3.47. The molecule has 0 saturated heterocycles. The largest absolute Gasteiger partial charge is 0.269 e. The summed E-state index contributed by atoms with van der Waals surface area (Å²) in [6, 6.07) is 14.8. The Morgan fingerprint density at radius 1 is 0.765 bits per heavy atom. The van der Waals surface area contributed by atoms with Crippen LogP contribution in [0.5, 0.6) is 0 Å². The van der Waals surface area contributed by atoms with E-state index in [1.165, 1.54) is 12.1 Å². The van der Waals surface area contributed by atoms with Crippen molar-refractivity contribution in [3.8, 4) is 0 Å². The van der Waals surface area contributed by atoms with Crippen molar-refractivity contribution in [2.45, 2.75) is 40.5 Å². The second kappa shape index (κ2) is 10.6. The molecule has 0 aliphatic heterocycles. The van der Waals surface area contributed by atoms with Crippen molar-refractivity contribution < 1.29 is 9.85 Å². The van der Waals surface area contributed by atoms with Crippen LogP contribution < -0.4 is 0 Å². The zero-order valence-corrected chi connectivity index (χ0v) is 19.5. The van der Waals surface area contributed by atoms with Gasteiger partial charge in [-0.2, -0.15) is 0 Å². The van der Waals surface area contributed by atoms with Gasteiger partial charge in [0.25, 0.3) is 11.4 Å². The highest BCUT2D eigenvalue weighted by atomic mass is 16.6. The molecule has 0 atom stereocenters. The van der Waals surface area contributed by atoms with Crippen LogP contribution in [-0.4, -0.2) is 26.3 Å². The maximum Gasteiger partial charge on any atom is 0.269 e. The van der Waals surface area contributed by atoms with Crippen LogP contribution in [0, 0.1) is 20.2 Å². The maximum atomic E-state index is 11.1. The number of hydrogen-bond acceptors (Lipinski definition) is 7. The van der Waals surface area contributed by atoms with E-state index in [0.29, 0.717) is 47.0 Å². The molecule has 0 amide bonds. The summed E-state index contributed by atoms with van der Waals surface area (Å²) in [4.78, 5) is 35.3. The first-order valence-electron chi connectivity index (χ1n) is 10.9. The lowest BCUT2D eigenvalue weighted by atomic mass is 10.1. The van der Waals surface area contributed by atoms with Gasteiger partial charge in [0.1, 0.15) is 0 Å². The molecule has 34 heavy (non-hydrogen) atoms. The Morgan fingerprint density at radius 3 is 1.53 bits per heavy atom. The average molecular weight is 460 g/mol. The quantitative estimate of drug-likeness (QED) is 0.222. The highest BCUT2D eigenvalue weighted by Gasteiger charge is 2.12. The molecule has 3 rings (SSSR count). The summed E-state index contributed by atoms with van der Waals surface area (Å²) >= 11 is 0. The van der Waals surface area contributed by atoms with Gasteiger partial charge in [-0.1, -0.05) is 19.9 Å². The number of benzene rings is 2. The van der Waals surface area contributed by atoms with Gasteiger partial charge in [0.05, 0.1) is 44.0 Å². The van der Waals surface area contributed by atoms with E-state index < -0.39 is 9.85 Å². The minimum absolute atomic E-state index is 0.0399. The molecule has 0 spiro atoms. The fourth-order valence-electron chi connectivity index (χ4n) is 3.47. The van der Waals surface area contributed by atoms with Gasteiger partial charge in [0, 0.05) is 24.3 Å². The molecule has 0 unspecified atom stereocenters. The molecule has 2 aromatic carbocycles. The molecule has 174 valence electrons. The predicted molar refractivity (Wildman–Crippen MR) is 133 cm³/mol. The van der Waals surface area contributed by atoms with Crippen LogP contribution in [0.3, 0.4) is 0 Å². The standard InChI is InChI=1S/C25H25N5O4/c1-5-18-14-20(29(31)32)10-12-24(18)26-16(3)22-8-7-9-23(28-22)17(4)27-25-13-11-21(30(33)34)15-19(25)6-2/h7-15H,5-6H2,1-4H3. The first-order valence-corrected chi connectivity index (χ1v) is 10.9. The molecular formula is C25H25N5O4. The Hall–Kier alpha value is -4.27. The molecule has 9 heteroatoms. The third kappa shape index (κ3) is 5.55. The van der Waals surface area contributed by atoms with Crippen LogP contribution in [0.25, 0.3) is 0 Å². The molecule has 0 saturated carbocycles. The number of pyridine rings is 1. The third-order valence-electron chi connectivity index (χ3n) is 5.38. The minimum atomic E-state index is -0.415. The van der Waals surface area contributed by atoms with E-state index in [1.54, 1.807) is 24.3 Å². The Balaban J connectivity index is 1.94. The highest BCUT2D eigenvalue weighted by Crippen LogP contribution is 2.27. The highest BCUT2D eigenvalue weighted by molar-refractivity contribution is 6.02. The summed E-state index contributed by atoms with van der Waals surface area (Å²) in [6.07, 6.45) is 1.23. The molecule has 1 aromatic heterocycles. The number of aromatic nitrogens is 1. The summed E-state index contributed by atoms with van der Waals surface area (Å²) in [7, 11) is 0. The fraction of sp³-hybridized carbons (Fsp3) is 0.240. The number of aliphatic imine (C=N–C) groups is 2. The predicted octanol–water partition coefficient (Wildman–Crippen LogP) is 6.30. The summed E-state index contributed by atoms with van der Waals surface area (Å²) in [5.41, 5.74) is 5.64. The van der Waals surface area contributed by atoms with E-state index in [1.807, 2.05) is 45.9 Å². The van der Waals surface area contributed by atoms with E-state index in [4.69, 9.17) is 0 Å². The van der Waals surface area contributed by atoms with Gasteiger partial charge in [-0.15, -0.1) is 0 Å². The molecule has 0 aliphatic rings. The van der Waals surface area contributed by atoms with Crippen LogP contribution in [0.4, 0.5) is 22.7 Å². The van der Waals surface area contributed by atoms with E-state index in [2.05, 4.69) is 15.0 Å². The van der Waals surface area contributed by atoms with Gasteiger partial charge < -0.3 is 0 Å². The van der Waals surface area contributed by atoms with Crippen LogP contribution in [0.15, 0.2) is 64.6 Å². The normalized spacial score (nSPS) is 12.0. The zero-order chi connectivity index (χ0) is 24.8. The number of nitro groups is 2.